The van der Waals surface area contributed by atoms with Crippen LogP contribution in [-0.4, -0.2) is 37.3 Å². The summed E-state index contributed by atoms with van der Waals surface area (Å²) in [6.07, 6.45) is 4.22. The first kappa shape index (κ1) is 18.3. The summed E-state index contributed by atoms with van der Waals surface area (Å²) >= 11 is 5.82. The van der Waals surface area contributed by atoms with Crippen LogP contribution in [0.15, 0.2) is 42.6 Å². The lowest BCUT2D eigenvalue weighted by Gasteiger charge is -2.17. The molecule has 6 nitrogen and oxygen atoms in total. The number of nitrogens with zero attached hydrogens (tertiary/aromatic N) is 2. The quantitative estimate of drug-likeness (QED) is 0.730. The van der Waals surface area contributed by atoms with Crippen LogP contribution in [-0.2, 0) is 6.54 Å². The van der Waals surface area contributed by atoms with Gasteiger partial charge in [0.25, 0.3) is 0 Å². The number of pyridine rings is 1. The number of amides is 2. The highest BCUT2D eigenvalue weighted by Crippen LogP contribution is 2.18. The Bertz CT molecular complexity index is 718. The molecule has 7 heteroatoms. The molecule has 0 atom stereocenters. The van der Waals surface area contributed by atoms with Gasteiger partial charge in [-0.3, -0.25) is 0 Å². The van der Waals surface area contributed by atoms with Gasteiger partial charge in [0.2, 0.25) is 0 Å². The molecular formula is C19H23ClN4O2. The van der Waals surface area contributed by atoms with Crippen molar-refractivity contribution in [1.29, 1.82) is 0 Å². The predicted octanol–water partition coefficient (Wildman–Crippen LogP) is 3.21. The molecular weight excluding hydrogens is 352 g/mol. The van der Waals surface area contributed by atoms with Crippen molar-refractivity contribution in [3.05, 3.63) is 53.2 Å². The molecule has 2 amide bonds. The minimum atomic E-state index is -0.218. The van der Waals surface area contributed by atoms with E-state index in [2.05, 4.69) is 20.5 Å². The monoisotopic (exact) mass is 374 g/mol. The van der Waals surface area contributed by atoms with Crippen LogP contribution >= 0.6 is 11.6 Å². The molecule has 0 radical (unpaired) electrons. The van der Waals surface area contributed by atoms with Gasteiger partial charge in [-0.15, -0.1) is 0 Å². The average Bonchev–Trinajstić information content (AvgIpc) is 3.20. The fourth-order valence-electron chi connectivity index (χ4n) is 2.80. The SMILES string of the molecule is O=C(NCCOc1ccc(Cl)cc1)NCc1ccnc(N2CCCC2)c1. The molecule has 1 aromatic heterocycles. The van der Waals surface area contributed by atoms with Gasteiger partial charge in [0.05, 0.1) is 6.54 Å². The molecule has 1 aliphatic rings. The van der Waals surface area contributed by atoms with Crippen molar-refractivity contribution in [1.82, 2.24) is 15.6 Å². The van der Waals surface area contributed by atoms with Gasteiger partial charge < -0.3 is 20.3 Å². The summed E-state index contributed by atoms with van der Waals surface area (Å²) in [6, 6.07) is 10.9. The number of anilines is 1. The molecule has 0 saturated carbocycles. The second-order valence-electron chi connectivity index (χ2n) is 6.13. The van der Waals surface area contributed by atoms with Crippen LogP contribution in [0.3, 0.4) is 0 Å². The van der Waals surface area contributed by atoms with Gasteiger partial charge >= 0.3 is 6.03 Å². The molecule has 2 heterocycles. The molecule has 138 valence electrons. The van der Waals surface area contributed by atoms with Crippen LogP contribution in [0.2, 0.25) is 5.02 Å². The summed E-state index contributed by atoms with van der Waals surface area (Å²) in [7, 11) is 0. The Kier molecular flexibility index (Phi) is 6.55. The Morgan fingerprint density at radius 2 is 1.92 bits per heavy atom. The highest BCUT2D eigenvalue weighted by atomic mass is 35.5. The number of urea groups is 1. The van der Waals surface area contributed by atoms with E-state index in [9.17, 15) is 4.79 Å². The van der Waals surface area contributed by atoms with E-state index in [-0.39, 0.29) is 6.03 Å². The van der Waals surface area contributed by atoms with Gasteiger partial charge in [-0.05, 0) is 54.8 Å². The average molecular weight is 375 g/mol. The molecule has 0 bridgehead atoms. The van der Waals surface area contributed by atoms with E-state index >= 15 is 0 Å². The van der Waals surface area contributed by atoms with Crippen molar-refractivity contribution in [2.75, 3.05) is 31.1 Å². The molecule has 1 aromatic carbocycles. The number of halogens is 1. The Balaban J connectivity index is 1.36. The summed E-state index contributed by atoms with van der Waals surface area (Å²) in [5.41, 5.74) is 1.04. The molecule has 0 spiro atoms. The summed E-state index contributed by atoms with van der Waals surface area (Å²) < 4.78 is 5.53. The first-order valence-electron chi connectivity index (χ1n) is 8.81. The van der Waals surface area contributed by atoms with Gasteiger partial charge in [-0.25, -0.2) is 9.78 Å². The van der Waals surface area contributed by atoms with Gasteiger partial charge in [-0.1, -0.05) is 11.6 Å². The first-order chi connectivity index (χ1) is 12.7. The lowest BCUT2D eigenvalue weighted by atomic mass is 10.2. The second-order valence-corrected chi connectivity index (χ2v) is 6.56. The van der Waals surface area contributed by atoms with Crippen molar-refractivity contribution in [2.24, 2.45) is 0 Å². The minimum absolute atomic E-state index is 0.218. The standard InChI is InChI=1S/C19H23ClN4O2/c20-16-3-5-17(6-4-16)26-12-9-22-19(25)23-14-15-7-8-21-18(13-15)24-10-1-2-11-24/h3-8,13H,1-2,9-12,14H2,(H2,22,23,25). The predicted molar refractivity (Wildman–Crippen MR) is 103 cm³/mol. The molecule has 0 aliphatic carbocycles. The Morgan fingerprint density at radius 1 is 1.15 bits per heavy atom. The van der Waals surface area contributed by atoms with Gasteiger partial charge in [0.15, 0.2) is 0 Å². The highest BCUT2D eigenvalue weighted by molar-refractivity contribution is 6.30. The molecule has 3 rings (SSSR count). The Labute approximate surface area is 158 Å². The Morgan fingerprint density at radius 3 is 2.69 bits per heavy atom. The highest BCUT2D eigenvalue weighted by Gasteiger charge is 2.13. The molecule has 1 saturated heterocycles. The van der Waals surface area contributed by atoms with Crippen molar-refractivity contribution in [3.8, 4) is 5.75 Å². The van der Waals surface area contributed by atoms with Crippen molar-refractivity contribution < 1.29 is 9.53 Å². The number of rotatable bonds is 7. The molecule has 2 aromatic rings. The topological polar surface area (TPSA) is 66.5 Å². The molecule has 1 fully saturated rings. The molecule has 0 unspecified atom stereocenters. The number of hydrogen-bond donors (Lipinski definition) is 2. The van der Waals surface area contributed by atoms with Crippen LogP contribution in [0, 0.1) is 0 Å². The molecule has 26 heavy (non-hydrogen) atoms. The maximum atomic E-state index is 11.9. The summed E-state index contributed by atoms with van der Waals surface area (Å²) in [5.74, 6) is 1.71. The van der Waals surface area contributed by atoms with Crippen molar-refractivity contribution in [3.63, 3.8) is 0 Å². The third-order valence-electron chi connectivity index (χ3n) is 4.16. The minimum Gasteiger partial charge on any atom is -0.492 e. The lowest BCUT2D eigenvalue weighted by Crippen LogP contribution is -2.37. The largest absolute Gasteiger partial charge is 0.492 e. The second kappa shape index (κ2) is 9.29. The van der Waals surface area contributed by atoms with E-state index < -0.39 is 0 Å². The van der Waals surface area contributed by atoms with Crippen LogP contribution in [0.4, 0.5) is 10.6 Å². The van der Waals surface area contributed by atoms with Crippen molar-refractivity contribution in [2.45, 2.75) is 19.4 Å². The summed E-state index contributed by atoms with van der Waals surface area (Å²) in [6.45, 7) is 3.39. The zero-order valence-electron chi connectivity index (χ0n) is 14.6. The van der Waals surface area contributed by atoms with E-state index in [0.717, 1.165) is 30.2 Å². The number of nitrogens with one attached hydrogen (secondary N) is 2. The summed E-state index contributed by atoms with van der Waals surface area (Å²) in [5, 5.41) is 6.30. The fraction of sp³-hybridized carbons (Fsp3) is 0.368. The van der Waals surface area contributed by atoms with Crippen LogP contribution < -0.4 is 20.3 Å². The lowest BCUT2D eigenvalue weighted by molar-refractivity contribution is 0.236. The smallest absolute Gasteiger partial charge is 0.315 e. The number of benzene rings is 1. The van der Waals surface area contributed by atoms with Gasteiger partial charge in [-0.2, -0.15) is 0 Å². The normalized spacial score (nSPS) is 13.5. The number of carbonyl (C=O) groups excluding carboxylic acids is 1. The van der Waals surface area contributed by atoms with E-state index in [4.69, 9.17) is 16.3 Å². The number of aromatic nitrogens is 1. The maximum Gasteiger partial charge on any atom is 0.315 e. The van der Waals surface area contributed by atoms with Crippen molar-refractivity contribution >= 4 is 23.4 Å². The summed E-state index contributed by atoms with van der Waals surface area (Å²) in [4.78, 5) is 18.6. The van der Waals surface area contributed by atoms with Gasteiger partial charge in [0, 0.05) is 30.9 Å². The van der Waals surface area contributed by atoms with E-state index in [1.165, 1.54) is 12.8 Å². The Hall–Kier alpha value is -2.47. The zero-order chi connectivity index (χ0) is 18.2. The third kappa shape index (κ3) is 5.52. The number of hydrogen-bond acceptors (Lipinski definition) is 4. The van der Waals surface area contributed by atoms with E-state index in [1.807, 2.05) is 12.1 Å². The number of ether oxygens (including phenoxy) is 1. The van der Waals surface area contributed by atoms with Crippen LogP contribution in [0.25, 0.3) is 0 Å². The van der Waals surface area contributed by atoms with Crippen LogP contribution in [0.1, 0.15) is 18.4 Å². The van der Waals surface area contributed by atoms with E-state index in [1.54, 1.807) is 30.5 Å². The molecule has 2 N–H and O–H groups in total. The number of carbonyl (C=O) groups is 1. The van der Waals surface area contributed by atoms with E-state index in [0.29, 0.717) is 24.7 Å². The molecule has 1 aliphatic heterocycles. The first-order valence-corrected chi connectivity index (χ1v) is 9.18. The zero-order valence-corrected chi connectivity index (χ0v) is 15.3. The van der Waals surface area contributed by atoms with Gasteiger partial charge in [0.1, 0.15) is 18.2 Å². The fourth-order valence-corrected chi connectivity index (χ4v) is 2.92. The maximum absolute atomic E-state index is 11.9. The van der Waals surface area contributed by atoms with Crippen LogP contribution in [0.5, 0.6) is 5.75 Å². The third-order valence-corrected chi connectivity index (χ3v) is 4.42.